The second-order valence-corrected chi connectivity index (χ2v) is 8.44. The molecule has 0 aromatic heterocycles. The number of hydrogen-bond acceptors (Lipinski definition) is 5. The van der Waals surface area contributed by atoms with Crippen molar-refractivity contribution in [2.24, 2.45) is 5.92 Å². The molecule has 3 rings (SSSR count). The first-order chi connectivity index (χ1) is 16.8. The Morgan fingerprint density at radius 1 is 0.971 bits per heavy atom. The van der Waals surface area contributed by atoms with Gasteiger partial charge < -0.3 is 24.4 Å². The fourth-order valence-corrected chi connectivity index (χ4v) is 4.08. The second-order valence-electron chi connectivity index (χ2n) is 8.44. The molecular weight excluding hydrogens is 451 g/mol. The summed E-state index contributed by atoms with van der Waals surface area (Å²) in [6.07, 6.45) is 0.122. The molecule has 2 atom stereocenters. The molecule has 0 spiro atoms. The molecule has 0 heterocycles. The summed E-state index contributed by atoms with van der Waals surface area (Å²) in [5.41, 5.74) is 3.16. The molecule has 186 valence electrons. The van der Waals surface area contributed by atoms with Crippen molar-refractivity contribution in [2.45, 2.75) is 32.3 Å². The lowest BCUT2D eigenvalue weighted by molar-refractivity contribution is -0.136. The van der Waals surface area contributed by atoms with Crippen LogP contribution in [0.1, 0.15) is 34.8 Å². The number of rotatable bonds is 12. The second kappa shape index (κ2) is 12.2. The van der Waals surface area contributed by atoms with Crippen LogP contribution in [0.3, 0.4) is 0 Å². The lowest BCUT2D eigenvalue weighted by atomic mass is 9.86. The summed E-state index contributed by atoms with van der Waals surface area (Å²) in [4.78, 5) is 11.0. The molecule has 7 heteroatoms. The van der Waals surface area contributed by atoms with Crippen LogP contribution in [0, 0.1) is 18.7 Å². The molecule has 2 N–H and O–H groups in total. The van der Waals surface area contributed by atoms with Crippen LogP contribution >= 0.6 is 0 Å². The van der Waals surface area contributed by atoms with E-state index in [1.165, 1.54) is 12.1 Å². The van der Waals surface area contributed by atoms with Gasteiger partial charge in [0.1, 0.15) is 23.1 Å². The lowest BCUT2D eigenvalue weighted by Crippen LogP contribution is -2.19. The summed E-state index contributed by atoms with van der Waals surface area (Å²) in [6.45, 7) is 2.17. The van der Waals surface area contributed by atoms with E-state index >= 15 is 0 Å². The fourth-order valence-electron chi connectivity index (χ4n) is 4.08. The number of halogens is 1. The van der Waals surface area contributed by atoms with Gasteiger partial charge in [0, 0.05) is 11.6 Å². The molecule has 2 unspecified atom stereocenters. The Balaban J connectivity index is 1.82. The number of carboxylic acids is 1. The van der Waals surface area contributed by atoms with Gasteiger partial charge >= 0.3 is 5.97 Å². The van der Waals surface area contributed by atoms with Crippen molar-refractivity contribution >= 4 is 5.97 Å². The summed E-state index contributed by atoms with van der Waals surface area (Å²) in [5.74, 6) is 0.153. The molecule has 0 saturated heterocycles. The average Bonchev–Trinajstić information content (AvgIpc) is 2.84. The minimum Gasteiger partial charge on any atom is -0.496 e. The number of carbonyl (C=O) groups is 1. The van der Waals surface area contributed by atoms with Crippen LogP contribution in [0.15, 0.2) is 60.7 Å². The molecular formula is C28H31FO6. The number of methoxy groups -OCH3 is 2. The zero-order chi connectivity index (χ0) is 25.4. The van der Waals surface area contributed by atoms with Crippen LogP contribution in [0.4, 0.5) is 4.39 Å². The maximum Gasteiger partial charge on any atom is 0.307 e. The summed E-state index contributed by atoms with van der Waals surface area (Å²) in [6, 6.07) is 16.9. The zero-order valence-electron chi connectivity index (χ0n) is 20.2. The lowest BCUT2D eigenvalue weighted by Gasteiger charge is -2.25. The van der Waals surface area contributed by atoms with E-state index in [1.807, 2.05) is 19.1 Å². The van der Waals surface area contributed by atoms with E-state index in [4.69, 9.17) is 19.3 Å². The highest BCUT2D eigenvalue weighted by Gasteiger charge is 2.24. The molecule has 0 aliphatic rings. The largest absolute Gasteiger partial charge is 0.496 e. The molecule has 0 saturated carbocycles. The monoisotopic (exact) mass is 482 g/mol. The molecule has 0 bridgehead atoms. The van der Waals surface area contributed by atoms with Crippen LogP contribution < -0.4 is 14.2 Å². The summed E-state index contributed by atoms with van der Waals surface area (Å²) in [5, 5.41) is 20.4. The van der Waals surface area contributed by atoms with E-state index in [-0.39, 0.29) is 24.8 Å². The van der Waals surface area contributed by atoms with Crippen LogP contribution in [-0.4, -0.2) is 37.0 Å². The van der Waals surface area contributed by atoms with Gasteiger partial charge in [-0.25, -0.2) is 4.39 Å². The van der Waals surface area contributed by atoms with Gasteiger partial charge in [0.25, 0.3) is 0 Å². The Bertz CT molecular complexity index is 1100. The van der Waals surface area contributed by atoms with Crippen molar-refractivity contribution in [1.82, 2.24) is 0 Å². The minimum absolute atomic E-state index is 0.0449. The maximum absolute atomic E-state index is 13.5. The highest BCUT2D eigenvalue weighted by molar-refractivity contribution is 5.70. The highest BCUT2D eigenvalue weighted by atomic mass is 19.1. The van der Waals surface area contributed by atoms with Gasteiger partial charge in [-0.3, -0.25) is 4.79 Å². The number of carboxylic acid groups (broad SMARTS) is 1. The Morgan fingerprint density at radius 2 is 1.60 bits per heavy atom. The Labute approximate surface area is 204 Å². The first-order valence-corrected chi connectivity index (χ1v) is 11.4. The highest BCUT2D eigenvalue weighted by Crippen LogP contribution is 2.36. The molecule has 0 amide bonds. The van der Waals surface area contributed by atoms with Gasteiger partial charge in [0.2, 0.25) is 0 Å². The molecule has 3 aromatic carbocycles. The van der Waals surface area contributed by atoms with Crippen LogP contribution in [0.2, 0.25) is 0 Å². The number of aliphatic hydroxyl groups is 1. The summed E-state index contributed by atoms with van der Waals surface area (Å²) < 4.78 is 30.2. The summed E-state index contributed by atoms with van der Waals surface area (Å²) in [7, 11) is 3.14. The molecule has 0 fully saturated rings. The van der Waals surface area contributed by atoms with E-state index in [2.05, 4.69) is 0 Å². The zero-order valence-corrected chi connectivity index (χ0v) is 20.2. The smallest absolute Gasteiger partial charge is 0.307 e. The molecule has 35 heavy (non-hydrogen) atoms. The SMILES string of the molecule is COc1cc(C(O)C(CCOc2cccc(F)c2)Cc2ccc(CC(=O)O)cc2)cc(OC)c1C. The van der Waals surface area contributed by atoms with Crippen molar-refractivity contribution in [2.75, 3.05) is 20.8 Å². The molecule has 0 aliphatic heterocycles. The number of hydrogen-bond donors (Lipinski definition) is 2. The predicted octanol–water partition coefficient (Wildman–Crippen LogP) is 5.14. The number of aliphatic hydroxyl groups excluding tert-OH is 1. The van der Waals surface area contributed by atoms with E-state index in [1.54, 1.807) is 50.6 Å². The van der Waals surface area contributed by atoms with Crippen molar-refractivity contribution < 1.29 is 33.6 Å². The topological polar surface area (TPSA) is 85.2 Å². The van der Waals surface area contributed by atoms with Crippen molar-refractivity contribution in [3.05, 3.63) is 88.7 Å². The van der Waals surface area contributed by atoms with Gasteiger partial charge in [-0.2, -0.15) is 0 Å². The van der Waals surface area contributed by atoms with Gasteiger partial charge in [0.05, 0.1) is 33.4 Å². The van der Waals surface area contributed by atoms with Crippen LogP contribution in [-0.2, 0) is 17.6 Å². The fraction of sp³-hybridized carbons (Fsp3) is 0.321. The van der Waals surface area contributed by atoms with Crippen molar-refractivity contribution in [3.63, 3.8) is 0 Å². The van der Waals surface area contributed by atoms with Gasteiger partial charge in [-0.1, -0.05) is 30.3 Å². The van der Waals surface area contributed by atoms with E-state index in [0.717, 1.165) is 11.1 Å². The van der Waals surface area contributed by atoms with Gasteiger partial charge in [0.15, 0.2) is 0 Å². The van der Waals surface area contributed by atoms with Crippen molar-refractivity contribution in [3.8, 4) is 17.2 Å². The van der Waals surface area contributed by atoms with Crippen LogP contribution in [0.5, 0.6) is 17.2 Å². The third-order valence-electron chi connectivity index (χ3n) is 5.99. The number of ether oxygens (including phenoxy) is 3. The van der Waals surface area contributed by atoms with Crippen molar-refractivity contribution in [1.29, 1.82) is 0 Å². The van der Waals surface area contributed by atoms with Gasteiger partial charge in [-0.05, 0) is 66.6 Å². The predicted molar refractivity (Wildman–Crippen MR) is 131 cm³/mol. The Morgan fingerprint density at radius 3 is 2.17 bits per heavy atom. The summed E-state index contributed by atoms with van der Waals surface area (Å²) >= 11 is 0. The number of benzene rings is 3. The third-order valence-corrected chi connectivity index (χ3v) is 5.99. The number of aliphatic carboxylic acids is 1. The van der Waals surface area contributed by atoms with E-state index < -0.39 is 12.1 Å². The Hall–Kier alpha value is -3.58. The average molecular weight is 483 g/mol. The normalized spacial score (nSPS) is 12.6. The molecule has 3 aromatic rings. The molecule has 0 aliphatic carbocycles. The quantitative estimate of drug-likeness (QED) is 0.372. The van der Waals surface area contributed by atoms with E-state index in [0.29, 0.717) is 41.2 Å². The standard InChI is InChI=1S/C28H31FO6/c1-18-25(33-2)15-22(16-26(18)34-3)28(32)21(11-12-35-24-6-4-5-23(29)17-24)13-19-7-9-20(10-8-19)14-27(30)31/h4-10,15-17,21,28,32H,11-14H2,1-3H3,(H,30,31). The molecule has 0 radical (unpaired) electrons. The van der Waals surface area contributed by atoms with E-state index in [9.17, 15) is 14.3 Å². The first kappa shape index (κ1) is 26.0. The maximum atomic E-state index is 13.5. The first-order valence-electron chi connectivity index (χ1n) is 11.4. The van der Waals surface area contributed by atoms with Gasteiger partial charge in [-0.15, -0.1) is 0 Å². The minimum atomic E-state index is -0.886. The molecule has 6 nitrogen and oxygen atoms in total. The Kier molecular flexibility index (Phi) is 9.09. The van der Waals surface area contributed by atoms with Crippen LogP contribution in [0.25, 0.3) is 0 Å². The third kappa shape index (κ3) is 7.20.